The van der Waals surface area contributed by atoms with Gasteiger partial charge < -0.3 is 9.67 Å². The van der Waals surface area contributed by atoms with Crippen molar-refractivity contribution in [2.75, 3.05) is 0 Å². The van der Waals surface area contributed by atoms with Gasteiger partial charge in [-0.3, -0.25) is 9.78 Å². The number of aliphatic carboxylic acids is 1. The van der Waals surface area contributed by atoms with Crippen LogP contribution in [0.25, 0.3) is 22.6 Å². The van der Waals surface area contributed by atoms with Crippen LogP contribution in [0.15, 0.2) is 47.1 Å². The van der Waals surface area contributed by atoms with E-state index in [9.17, 15) is 4.79 Å². The topological polar surface area (TPSA) is 68.0 Å². The summed E-state index contributed by atoms with van der Waals surface area (Å²) in [6.07, 6.45) is 1.67. The van der Waals surface area contributed by atoms with Gasteiger partial charge in [0.1, 0.15) is 12.2 Å². The third-order valence-corrected chi connectivity index (χ3v) is 3.37. The van der Waals surface area contributed by atoms with E-state index in [4.69, 9.17) is 5.11 Å². The van der Waals surface area contributed by atoms with Gasteiger partial charge in [0, 0.05) is 10.7 Å². The SMILES string of the molecule is O=C(O)Cn1c(-c2ccc(Br)cn2)nc2ccccc21. The number of hydrogen-bond donors (Lipinski definition) is 1. The van der Waals surface area contributed by atoms with E-state index in [1.54, 1.807) is 10.8 Å². The van der Waals surface area contributed by atoms with Crippen LogP contribution in [0.5, 0.6) is 0 Å². The molecular formula is C14H10BrN3O2. The minimum absolute atomic E-state index is 0.145. The van der Waals surface area contributed by atoms with Gasteiger partial charge in [0.15, 0.2) is 5.82 Å². The van der Waals surface area contributed by atoms with Crippen LogP contribution in [0.3, 0.4) is 0 Å². The Kier molecular flexibility index (Phi) is 3.23. The van der Waals surface area contributed by atoms with Crippen molar-refractivity contribution in [1.29, 1.82) is 0 Å². The van der Waals surface area contributed by atoms with Crippen molar-refractivity contribution < 1.29 is 9.90 Å². The standard InChI is InChI=1S/C14H10BrN3O2/c15-9-5-6-11(16-7-9)14-17-10-3-1-2-4-12(10)18(14)8-13(19)20/h1-7H,8H2,(H,19,20). The number of fused-ring (bicyclic) bond motifs is 1. The number of carboxylic acid groups (broad SMARTS) is 1. The molecule has 0 aliphatic heterocycles. The van der Waals surface area contributed by atoms with Crippen LogP contribution in [0.4, 0.5) is 0 Å². The second-order valence-electron chi connectivity index (χ2n) is 4.27. The maximum absolute atomic E-state index is 11.1. The zero-order valence-electron chi connectivity index (χ0n) is 10.3. The van der Waals surface area contributed by atoms with Crippen molar-refractivity contribution >= 4 is 32.9 Å². The summed E-state index contributed by atoms with van der Waals surface area (Å²) in [4.78, 5) is 19.8. The Morgan fingerprint density at radius 1 is 1.25 bits per heavy atom. The molecule has 0 saturated carbocycles. The molecule has 0 aliphatic carbocycles. The summed E-state index contributed by atoms with van der Waals surface area (Å²) >= 11 is 3.33. The Hall–Kier alpha value is -2.21. The Balaban J connectivity index is 2.23. The summed E-state index contributed by atoms with van der Waals surface area (Å²) in [5, 5.41) is 9.08. The smallest absolute Gasteiger partial charge is 0.323 e. The molecule has 5 nitrogen and oxygen atoms in total. The van der Waals surface area contributed by atoms with Crippen LogP contribution in [-0.4, -0.2) is 25.6 Å². The third kappa shape index (κ3) is 2.30. The van der Waals surface area contributed by atoms with Crippen molar-refractivity contribution in [3.8, 4) is 11.5 Å². The molecular weight excluding hydrogens is 322 g/mol. The minimum atomic E-state index is -0.911. The fourth-order valence-corrected chi connectivity index (χ4v) is 2.31. The van der Waals surface area contributed by atoms with Crippen molar-refractivity contribution in [1.82, 2.24) is 14.5 Å². The number of hydrogen-bond acceptors (Lipinski definition) is 3. The zero-order valence-corrected chi connectivity index (χ0v) is 11.9. The first-order chi connectivity index (χ1) is 9.65. The Labute approximate surface area is 123 Å². The van der Waals surface area contributed by atoms with Crippen LogP contribution in [0.2, 0.25) is 0 Å². The Bertz CT molecular complexity index is 781. The second kappa shape index (κ2) is 5.05. The molecule has 3 rings (SSSR count). The van der Waals surface area contributed by atoms with Gasteiger partial charge in [-0.25, -0.2) is 4.98 Å². The van der Waals surface area contributed by atoms with E-state index >= 15 is 0 Å². The van der Waals surface area contributed by atoms with Gasteiger partial charge in [-0.2, -0.15) is 0 Å². The Morgan fingerprint density at radius 3 is 2.75 bits per heavy atom. The van der Waals surface area contributed by atoms with Crippen molar-refractivity contribution in [3.63, 3.8) is 0 Å². The highest BCUT2D eigenvalue weighted by Crippen LogP contribution is 2.24. The molecule has 0 unspecified atom stereocenters. The van der Waals surface area contributed by atoms with Crippen molar-refractivity contribution in [2.24, 2.45) is 0 Å². The number of imidazole rings is 1. The predicted molar refractivity (Wildman–Crippen MR) is 78.3 cm³/mol. The van der Waals surface area contributed by atoms with E-state index < -0.39 is 5.97 Å². The van der Waals surface area contributed by atoms with Gasteiger partial charge in [0.2, 0.25) is 0 Å². The van der Waals surface area contributed by atoms with Crippen LogP contribution in [-0.2, 0) is 11.3 Å². The average molecular weight is 332 g/mol. The first kappa shape index (κ1) is 12.8. The number of para-hydroxylation sites is 2. The number of nitrogens with zero attached hydrogens (tertiary/aromatic N) is 3. The lowest BCUT2D eigenvalue weighted by Crippen LogP contribution is -2.10. The van der Waals surface area contributed by atoms with E-state index in [1.165, 1.54) is 0 Å². The van der Waals surface area contributed by atoms with E-state index in [2.05, 4.69) is 25.9 Å². The van der Waals surface area contributed by atoms with Gasteiger partial charge in [-0.1, -0.05) is 12.1 Å². The van der Waals surface area contributed by atoms with E-state index in [-0.39, 0.29) is 6.54 Å². The maximum atomic E-state index is 11.1. The van der Waals surface area contributed by atoms with Gasteiger partial charge in [-0.15, -0.1) is 0 Å². The monoisotopic (exact) mass is 331 g/mol. The highest BCUT2D eigenvalue weighted by Gasteiger charge is 2.15. The number of carbonyl (C=O) groups is 1. The normalized spacial score (nSPS) is 10.8. The number of pyridine rings is 1. The van der Waals surface area contributed by atoms with Crippen LogP contribution < -0.4 is 0 Å². The summed E-state index contributed by atoms with van der Waals surface area (Å²) in [5.41, 5.74) is 2.19. The van der Waals surface area contributed by atoms with Gasteiger partial charge in [0.05, 0.1) is 11.0 Å². The summed E-state index contributed by atoms with van der Waals surface area (Å²) < 4.78 is 2.52. The number of aromatic nitrogens is 3. The van der Waals surface area contributed by atoms with Crippen molar-refractivity contribution in [2.45, 2.75) is 6.54 Å². The molecule has 0 bridgehead atoms. The van der Waals surface area contributed by atoms with Gasteiger partial charge >= 0.3 is 5.97 Å². The molecule has 1 N–H and O–H groups in total. The highest BCUT2D eigenvalue weighted by atomic mass is 79.9. The summed E-state index contributed by atoms with van der Waals surface area (Å²) in [7, 11) is 0. The van der Waals surface area contributed by atoms with E-state index in [1.807, 2.05) is 36.4 Å². The molecule has 0 amide bonds. The fourth-order valence-electron chi connectivity index (χ4n) is 2.07. The molecule has 0 saturated heterocycles. The first-order valence-corrected chi connectivity index (χ1v) is 6.73. The molecule has 100 valence electrons. The number of halogens is 1. The Morgan fingerprint density at radius 2 is 2.05 bits per heavy atom. The molecule has 0 atom stereocenters. The highest BCUT2D eigenvalue weighted by molar-refractivity contribution is 9.10. The van der Waals surface area contributed by atoms with Gasteiger partial charge in [-0.05, 0) is 40.2 Å². The molecule has 20 heavy (non-hydrogen) atoms. The molecule has 1 aromatic carbocycles. The molecule has 0 radical (unpaired) electrons. The number of rotatable bonds is 3. The second-order valence-corrected chi connectivity index (χ2v) is 5.18. The molecule has 0 fully saturated rings. The quantitative estimate of drug-likeness (QED) is 0.801. The average Bonchev–Trinajstić information content (AvgIpc) is 2.78. The molecule has 2 heterocycles. The molecule has 2 aromatic heterocycles. The first-order valence-electron chi connectivity index (χ1n) is 5.94. The maximum Gasteiger partial charge on any atom is 0.323 e. The molecule has 6 heteroatoms. The molecule has 0 aliphatic rings. The fraction of sp³-hybridized carbons (Fsp3) is 0.0714. The lowest BCUT2D eigenvalue weighted by atomic mass is 10.3. The molecule has 0 spiro atoms. The summed E-state index contributed by atoms with van der Waals surface area (Å²) in [6.45, 7) is -0.145. The minimum Gasteiger partial charge on any atom is -0.480 e. The zero-order chi connectivity index (χ0) is 14.1. The van der Waals surface area contributed by atoms with E-state index in [0.29, 0.717) is 11.5 Å². The summed E-state index contributed by atoms with van der Waals surface area (Å²) in [5.74, 6) is -0.354. The third-order valence-electron chi connectivity index (χ3n) is 2.90. The largest absolute Gasteiger partial charge is 0.480 e. The van der Waals surface area contributed by atoms with Crippen LogP contribution in [0, 0.1) is 0 Å². The summed E-state index contributed by atoms with van der Waals surface area (Å²) in [6, 6.07) is 11.1. The van der Waals surface area contributed by atoms with E-state index in [0.717, 1.165) is 15.5 Å². The molecule has 3 aromatic rings. The van der Waals surface area contributed by atoms with Crippen molar-refractivity contribution in [3.05, 3.63) is 47.1 Å². The lowest BCUT2D eigenvalue weighted by Gasteiger charge is -2.05. The van der Waals surface area contributed by atoms with Crippen LogP contribution in [0.1, 0.15) is 0 Å². The number of benzene rings is 1. The lowest BCUT2D eigenvalue weighted by molar-refractivity contribution is -0.137. The number of carboxylic acids is 1. The predicted octanol–water partition coefficient (Wildman–Crippen LogP) is 2.95. The van der Waals surface area contributed by atoms with Crippen LogP contribution >= 0.6 is 15.9 Å². The van der Waals surface area contributed by atoms with Gasteiger partial charge in [0.25, 0.3) is 0 Å².